The van der Waals surface area contributed by atoms with Crippen LogP contribution in [0.3, 0.4) is 0 Å². The number of nitrogens with zero attached hydrogens (tertiary/aromatic N) is 4. The van der Waals surface area contributed by atoms with E-state index < -0.39 is 0 Å². The van der Waals surface area contributed by atoms with E-state index in [2.05, 4.69) is 34.1 Å². The first-order valence-electron chi connectivity index (χ1n) is 5.01. The molecule has 2 rings (SSSR count). The van der Waals surface area contributed by atoms with Crippen molar-refractivity contribution in [1.82, 2.24) is 25.0 Å². The van der Waals surface area contributed by atoms with Gasteiger partial charge in [0.15, 0.2) is 5.82 Å². The zero-order valence-electron chi connectivity index (χ0n) is 9.44. The maximum absolute atomic E-state index is 4.43. The van der Waals surface area contributed by atoms with Crippen LogP contribution in [0.5, 0.6) is 0 Å². The van der Waals surface area contributed by atoms with Gasteiger partial charge >= 0.3 is 0 Å². The molecule has 80 valence electrons. The molecule has 1 N–H and O–H groups in total. The predicted octanol–water partition coefficient (Wildman–Crippen LogP) is 1.64. The summed E-state index contributed by atoms with van der Waals surface area (Å²) in [6, 6.07) is 0. The molecule has 0 aliphatic heterocycles. The minimum Gasteiger partial charge on any atom is -0.275 e. The van der Waals surface area contributed by atoms with Gasteiger partial charge in [0.25, 0.3) is 0 Å². The normalized spacial score (nSPS) is 11.3. The summed E-state index contributed by atoms with van der Waals surface area (Å²) in [5.41, 5.74) is 1.94. The zero-order valence-corrected chi connectivity index (χ0v) is 9.44. The Morgan fingerprint density at radius 2 is 2.13 bits per heavy atom. The second-order valence-electron chi connectivity index (χ2n) is 4.00. The molecule has 0 atom stereocenters. The smallest absolute Gasteiger partial charge is 0.184 e. The van der Waals surface area contributed by atoms with Gasteiger partial charge in [-0.3, -0.25) is 9.78 Å². The average Bonchev–Trinajstić information content (AvgIpc) is 2.71. The average molecular weight is 205 g/mol. The van der Waals surface area contributed by atoms with E-state index in [1.807, 2.05) is 20.2 Å². The van der Waals surface area contributed by atoms with Crippen LogP contribution in [-0.4, -0.2) is 25.0 Å². The van der Waals surface area contributed by atoms with Crippen molar-refractivity contribution in [2.45, 2.75) is 26.7 Å². The molecule has 0 bridgehead atoms. The Kier molecular flexibility index (Phi) is 2.30. The van der Waals surface area contributed by atoms with Crippen LogP contribution < -0.4 is 0 Å². The molecule has 2 aromatic heterocycles. The summed E-state index contributed by atoms with van der Waals surface area (Å²) in [5.74, 6) is 2.00. The van der Waals surface area contributed by atoms with Crippen molar-refractivity contribution in [2.75, 3.05) is 0 Å². The minimum atomic E-state index is 0.364. The van der Waals surface area contributed by atoms with Gasteiger partial charge in [0.2, 0.25) is 0 Å². The van der Waals surface area contributed by atoms with Crippen molar-refractivity contribution in [3.05, 3.63) is 17.7 Å². The molecule has 5 nitrogen and oxygen atoms in total. The van der Waals surface area contributed by atoms with Gasteiger partial charge in [-0.2, -0.15) is 10.2 Å². The van der Waals surface area contributed by atoms with Crippen molar-refractivity contribution in [1.29, 1.82) is 0 Å². The van der Waals surface area contributed by atoms with E-state index in [1.54, 1.807) is 4.68 Å². The summed E-state index contributed by atoms with van der Waals surface area (Å²) >= 11 is 0. The van der Waals surface area contributed by atoms with Crippen LogP contribution in [0.25, 0.3) is 11.4 Å². The lowest BCUT2D eigenvalue weighted by molar-refractivity contribution is 0.756. The van der Waals surface area contributed by atoms with Crippen LogP contribution in [0.4, 0.5) is 0 Å². The second-order valence-corrected chi connectivity index (χ2v) is 4.00. The van der Waals surface area contributed by atoms with Gasteiger partial charge in [0.05, 0.1) is 11.3 Å². The number of aromatic nitrogens is 5. The summed E-state index contributed by atoms with van der Waals surface area (Å²) in [6.45, 7) is 6.13. The molecule has 0 saturated heterocycles. The van der Waals surface area contributed by atoms with Gasteiger partial charge in [-0.1, -0.05) is 13.8 Å². The van der Waals surface area contributed by atoms with Crippen molar-refractivity contribution >= 4 is 0 Å². The number of aromatic amines is 1. The number of nitrogens with one attached hydrogen (secondary N) is 1. The second kappa shape index (κ2) is 3.49. The van der Waals surface area contributed by atoms with E-state index in [9.17, 15) is 0 Å². The summed E-state index contributed by atoms with van der Waals surface area (Å²) in [4.78, 5) is 4.43. The number of aryl methyl sites for hydroxylation is 2. The van der Waals surface area contributed by atoms with E-state index in [1.165, 1.54) is 0 Å². The summed E-state index contributed by atoms with van der Waals surface area (Å²) in [5, 5.41) is 11.4. The first-order chi connectivity index (χ1) is 7.08. The SMILES string of the molecule is Cc1nn(C)cc1-c1n[nH]c(C(C)C)n1. The lowest BCUT2D eigenvalue weighted by Crippen LogP contribution is -1.89. The third-order valence-corrected chi connectivity index (χ3v) is 2.30. The molecule has 0 aliphatic rings. The fourth-order valence-electron chi connectivity index (χ4n) is 1.47. The van der Waals surface area contributed by atoms with Gasteiger partial charge in [-0.05, 0) is 6.92 Å². The van der Waals surface area contributed by atoms with E-state index in [4.69, 9.17) is 0 Å². The van der Waals surface area contributed by atoms with Crippen molar-refractivity contribution in [2.24, 2.45) is 7.05 Å². The molecule has 15 heavy (non-hydrogen) atoms. The number of hydrogen-bond donors (Lipinski definition) is 1. The quantitative estimate of drug-likeness (QED) is 0.810. The molecule has 0 aliphatic carbocycles. The van der Waals surface area contributed by atoms with Crippen molar-refractivity contribution in [3.63, 3.8) is 0 Å². The molecule has 0 fully saturated rings. The first kappa shape index (κ1) is 9.89. The Balaban J connectivity index is 2.41. The molecule has 0 saturated carbocycles. The van der Waals surface area contributed by atoms with Crippen molar-refractivity contribution < 1.29 is 0 Å². The Hall–Kier alpha value is -1.65. The molecule has 0 radical (unpaired) electrons. The van der Waals surface area contributed by atoms with Crippen LogP contribution in [0, 0.1) is 6.92 Å². The highest BCUT2D eigenvalue weighted by Crippen LogP contribution is 2.19. The molecule has 0 unspecified atom stereocenters. The molecular weight excluding hydrogens is 190 g/mol. The van der Waals surface area contributed by atoms with Gasteiger partial charge in [-0.25, -0.2) is 4.98 Å². The van der Waals surface area contributed by atoms with Gasteiger partial charge < -0.3 is 0 Å². The summed E-state index contributed by atoms with van der Waals surface area (Å²) in [6.07, 6.45) is 1.93. The number of rotatable bonds is 2. The molecule has 0 spiro atoms. The predicted molar refractivity (Wildman–Crippen MR) is 57.4 cm³/mol. The number of H-pyrrole nitrogens is 1. The van der Waals surface area contributed by atoms with Gasteiger partial charge in [0.1, 0.15) is 5.82 Å². The summed E-state index contributed by atoms with van der Waals surface area (Å²) in [7, 11) is 1.90. The summed E-state index contributed by atoms with van der Waals surface area (Å²) < 4.78 is 1.77. The topological polar surface area (TPSA) is 59.4 Å². The standard InChI is InChI=1S/C10H15N5/c1-6(2)9-11-10(13-12-9)8-5-15(4)14-7(8)3/h5-6H,1-4H3,(H,11,12,13). The Morgan fingerprint density at radius 1 is 1.40 bits per heavy atom. The van der Waals surface area contributed by atoms with E-state index >= 15 is 0 Å². The number of hydrogen-bond acceptors (Lipinski definition) is 3. The van der Waals surface area contributed by atoms with Crippen LogP contribution in [0.15, 0.2) is 6.20 Å². The lowest BCUT2D eigenvalue weighted by atomic mass is 10.2. The highest BCUT2D eigenvalue weighted by Gasteiger charge is 2.12. The fraction of sp³-hybridized carbons (Fsp3) is 0.500. The lowest BCUT2D eigenvalue weighted by Gasteiger charge is -1.95. The largest absolute Gasteiger partial charge is 0.275 e. The molecule has 2 aromatic rings. The Labute approximate surface area is 88.5 Å². The van der Waals surface area contributed by atoms with E-state index in [-0.39, 0.29) is 0 Å². The van der Waals surface area contributed by atoms with Crippen LogP contribution in [-0.2, 0) is 7.05 Å². The highest BCUT2D eigenvalue weighted by atomic mass is 15.3. The molecule has 0 aromatic carbocycles. The van der Waals surface area contributed by atoms with Gasteiger partial charge in [-0.15, -0.1) is 0 Å². The molecule has 5 heteroatoms. The zero-order chi connectivity index (χ0) is 11.0. The maximum Gasteiger partial charge on any atom is 0.184 e. The van der Waals surface area contributed by atoms with Crippen LogP contribution >= 0.6 is 0 Å². The Bertz CT molecular complexity index is 466. The highest BCUT2D eigenvalue weighted by molar-refractivity contribution is 5.56. The molecule has 2 heterocycles. The Morgan fingerprint density at radius 3 is 2.60 bits per heavy atom. The first-order valence-corrected chi connectivity index (χ1v) is 5.01. The monoisotopic (exact) mass is 205 g/mol. The van der Waals surface area contributed by atoms with E-state index in [0.717, 1.165) is 22.9 Å². The van der Waals surface area contributed by atoms with E-state index in [0.29, 0.717) is 5.92 Å². The third-order valence-electron chi connectivity index (χ3n) is 2.30. The van der Waals surface area contributed by atoms with Gasteiger partial charge in [0, 0.05) is 19.2 Å². The van der Waals surface area contributed by atoms with Crippen LogP contribution in [0.1, 0.15) is 31.3 Å². The fourth-order valence-corrected chi connectivity index (χ4v) is 1.47. The molecule has 0 amide bonds. The van der Waals surface area contributed by atoms with Crippen molar-refractivity contribution in [3.8, 4) is 11.4 Å². The third kappa shape index (κ3) is 1.77. The minimum absolute atomic E-state index is 0.364. The molecular formula is C10H15N5. The maximum atomic E-state index is 4.43. The van der Waals surface area contributed by atoms with Crippen LogP contribution in [0.2, 0.25) is 0 Å².